The van der Waals surface area contributed by atoms with E-state index in [1.165, 1.54) is 0 Å². The number of para-hydroxylation sites is 1. The first-order valence-corrected chi connectivity index (χ1v) is 6.09. The first kappa shape index (κ1) is 11.3. The topological polar surface area (TPSA) is 53.1 Å². The van der Waals surface area contributed by atoms with Crippen LogP contribution in [0.1, 0.15) is 23.6 Å². The highest BCUT2D eigenvalue weighted by Gasteiger charge is 2.33. The van der Waals surface area contributed by atoms with Crippen LogP contribution in [-0.4, -0.2) is 22.7 Å². The van der Waals surface area contributed by atoms with Crippen molar-refractivity contribution < 1.29 is 14.3 Å². The van der Waals surface area contributed by atoms with Crippen molar-refractivity contribution in [1.82, 2.24) is 4.98 Å². The molecule has 1 aromatic heterocycles. The van der Waals surface area contributed by atoms with Crippen molar-refractivity contribution in [2.24, 2.45) is 5.92 Å². The van der Waals surface area contributed by atoms with Crippen LogP contribution >= 0.6 is 0 Å². The normalized spacial score (nSPS) is 22.9. The van der Waals surface area contributed by atoms with E-state index in [4.69, 9.17) is 5.11 Å². The van der Waals surface area contributed by atoms with Crippen molar-refractivity contribution >= 4 is 16.9 Å². The molecule has 0 saturated heterocycles. The molecule has 0 saturated carbocycles. The number of hydrogen-bond acceptors (Lipinski definition) is 1. The number of carbonyl (C=O) groups is 1. The lowest BCUT2D eigenvalue weighted by molar-refractivity contribution is -0.142. The molecule has 2 N–H and O–H groups in total. The van der Waals surface area contributed by atoms with Gasteiger partial charge < -0.3 is 10.1 Å². The quantitative estimate of drug-likeness (QED) is 0.857. The highest BCUT2D eigenvalue weighted by Crippen LogP contribution is 2.38. The number of carboxylic acids is 1. The smallest absolute Gasteiger partial charge is 0.306 e. The van der Waals surface area contributed by atoms with Crippen LogP contribution in [0.25, 0.3) is 10.9 Å². The van der Waals surface area contributed by atoms with Gasteiger partial charge in [-0.2, -0.15) is 0 Å². The lowest BCUT2D eigenvalue weighted by atomic mass is 9.80. The van der Waals surface area contributed by atoms with Gasteiger partial charge in [-0.15, -0.1) is 0 Å². The predicted octanol–water partition coefficient (Wildman–Crippen LogP) is 2.87. The standard InChI is InChI=1S/C14H14FNO2/c15-7-9-5-8(14(17)18)6-11-10-3-1-2-4-12(10)16-13(9)11/h1-4,8-9,16H,5-7H2,(H,17,18). The lowest BCUT2D eigenvalue weighted by Crippen LogP contribution is -2.25. The molecule has 3 nitrogen and oxygen atoms in total. The molecule has 94 valence electrons. The van der Waals surface area contributed by atoms with Crippen molar-refractivity contribution in [2.45, 2.75) is 18.8 Å². The van der Waals surface area contributed by atoms with E-state index in [1.807, 2.05) is 24.3 Å². The van der Waals surface area contributed by atoms with Gasteiger partial charge >= 0.3 is 5.97 Å². The van der Waals surface area contributed by atoms with E-state index in [9.17, 15) is 9.18 Å². The van der Waals surface area contributed by atoms with Gasteiger partial charge in [0.2, 0.25) is 0 Å². The van der Waals surface area contributed by atoms with E-state index in [0.29, 0.717) is 12.8 Å². The number of rotatable bonds is 2. The Morgan fingerprint density at radius 1 is 1.44 bits per heavy atom. The van der Waals surface area contributed by atoms with Crippen LogP contribution < -0.4 is 0 Å². The summed E-state index contributed by atoms with van der Waals surface area (Å²) in [6.07, 6.45) is 0.872. The molecule has 3 rings (SSSR count). The summed E-state index contributed by atoms with van der Waals surface area (Å²) in [6, 6.07) is 7.75. The van der Waals surface area contributed by atoms with Gasteiger partial charge in [0.15, 0.2) is 0 Å². The van der Waals surface area contributed by atoms with Crippen LogP contribution in [-0.2, 0) is 11.2 Å². The largest absolute Gasteiger partial charge is 0.481 e. The van der Waals surface area contributed by atoms with Crippen LogP contribution in [0.15, 0.2) is 24.3 Å². The van der Waals surface area contributed by atoms with Gasteiger partial charge in [-0.05, 0) is 24.5 Å². The minimum absolute atomic E-state index is 0.317. The lowest BCUT2D eigenvalue weighted by Gasteiger charge is -2.25. The summed E-state index contributed by atoms with van der Waals surface area (Å²) in [5.74, 6) is -1.62. The number of fused-ring (bicyclic) bond motifs is 3. The molecule has 0 aliphatic heterocycles. The SMILES string of the molecule is O=C(O)C1Cc2c([nH]c3ccccc23)C(CF)C1. The second kappa shape index (κ2) is 4.12. The van der Waals surface area contributed by atoms with Crippen molar-refractivity contribution in [1.29, 1.82) is 0 Å². The zero-order chi connectivity index (χ0) is 12.7. The molecule has 2 unspecified atom stereocenters. The zero-order valence-electron chi connectivity index (χ0n) is 9.82. The summed E-state index contributed by atoms with van der Waals surface area (Å²) in [5, 5.41) is 10.2. The number of aromatic nitrogens is 1. The second-order valence-corrected chi connectivity index (χ2v) is 4.89. The summed E-state index contributed by atoms with van der Waals surface area (Å²) in [4.78, 5) is 14.4. The fourth-order valence-corrected chi connectivity index (χ4v) is 2.91. The van der Waals surface area contributed by atoms with Crippen LogP contribution in [0.4, 0.5) is 4.39 Å². The Labute approximate surface area is 104 Å². The Morgan fingerprint density at radius 3 is 2.94 bits per heavy atom. The summed E-state index contributed by atoms with van der Waals surface area (Å²) in [7, 11) is 0. The third kappa shape index (κ3) is 1.60. The maximum Gasteiger partial charge on any atom is 0.306 e. The molecule has 0 spiro atoms. The average Bonchev–Trinajstić information content (AvgIpc) is 2.76. The summed E-state index contributed by atoms with van der Waals surface area (Å²) < 4.78 is 13.1. The molecular weight excluding hydrogens is 233 g/mol. The van der Waals surface area contributed by atoms with Crippen LogP contribution in [0, 0.1) is 5.92 Å². The molecule has 0 fully saturated rings. The van der Waals surface area contributed by atoms with Crippen molar-refractivity contribution in [2.75, 3.05) is 6.67 Å². The average molecular weight is 247 g/mol. The van der Waals surface area contributed by atoms with Gasteiger partial charge in [0.05, 0.1) is 12.6 Å². The summed E-state index contributed by atoms with van der Waals surface area (Å²) in [5.41, 5.74) is 2.83. The van der Waals surface area contributed by atoms with Gasteiger partial charge in [0.25, 0.3) is 0 Å². The molecule has 0 amide bonds. The molecule has 0 radical (unpaired) electrons. The van der Waals surface area contributed by atoms with Gasteiger partial charge in [0.1, 0.15) is 0 Å². The van der Waals surface area contributed by atoms with E-state index in [1.54, 1.807) is 0 Å². The summed E-state index contributed by atoms with van der Waals surface area (Å²) >= 11 is 0. The number of hydrogen-bond donors (Lipinski definition) is 2. The Kier molecular flexibility index (Phi) is 2.58. The van der Waals surface area contributed by atoms with E-state index >= 15 is 0 Å². The number of halogens is 1. The molecule has 18 heavy (non-hydrogen) atoms. The fraction of sp³-hybridized carbons (Fsp3) is 0.357. The number of carboxylic acid groups (broad SMARTS) is 1. The Hall–Kier alpha value is -1.84. The minimum Gasteiger partial charge on any atom is -0.481 e. The predicted molar refractivity (Wildman–Crippen MR) is 66.5 cm³/mol. The Morgan fingerprint density at radius 2 is 2.22 bits per heavy atom. The van der Waals surface area contributed by atoms with Crippen molar-refractivity contribution in [3.63, 3.8) is 0 Å². The molecule has 1 aliphatic carbocycles. The monoisotopic (exact) mass is 247 g/mol. The maximum absolute atomic E-state index is 13.1. The molecule has 2 atom stereocenters. The van der Waals surface area contributed by atoms with Crippen molar-refractivity contribution in [3.8, 4) is 0 Å². The van der Waals surface area contributed by atoms with Crippen LogP contribution in [0.2, 0.25) is 0 Å². The fourth-order valence-electron chi connectivity index (χ4n) is 2.91. The van der Waals surface area contributed by atoms with E-state index in [-0.39, 0.29) is 5.92 Å². The van der Waals surface area contributed by atoms with Crippen LogP contribution in [0.5, 0.6) is 0 Å². The molecular formula is C14H14FNO2. The second-order valence-electron chi connectivity index (χ2n) is 4.89. The molecule has 1 aromatic carbocycles. The van der Waals surface area contributed by atoms with E-state index in [0.717, 1.165) is 22.2 Å². The first-order chi connectivity index (χ1) is 8.70. The minimum atomic E-state index is -0.829. The number of aromatic amines is 1. The molecule has 1 heterocycles. The number of nitrogens with one attached hydrogen (secondary N) is 1. The van der Waals surface area contributed by atoms with Crippen LogP contribution in [0.3, 0.4) is 0 Å². The number of alkyl halides is 1. The summed E-state index contributed by atoms with van der Waals surface area (Å²) in [6.45, 7) is -0.510. The van der Waals surface area contributed by atoms with E-state index < -0.39 is 18.6 Å². The Bertz CT molecular complexity index is 605. The van der Waals surface area contributed by atoms with Gasteiger partial charge in [-0.25, -0.2) is 0 Å². The van der Waals surface area contributed by atoms with E-state index in [2.05, 4.69) is 4.98 Å². The van der Waals surface area contributed by atoms with Crippen molar-refractivity contribution in [3.05, 3.63) is 35.5 Å². The van der Waals surface area contributed by atoms with Gasteiger partial charge in [0, 0.05) is 22.5 Å². The third-order valence-corrected chi connectivity index (χ3v) is 3.81. The molecule has 1 aliphatic rings. The zero-order valence-corrected chi connectivity index (χ0v) is 9.82. The number of H-pyrrole nitrogens is 1. The molecule has 4 heteroatoms. The number of aliphatic carboxylic acids is 1. The number of benzene rings is 1. The van der Waals surface area contributed by atoms with Gasteiger partial charge in [-0.1, -0.05) is 18.2 Å². The molecule has 2 aromatic rings. The Balaban J connectivity index is 2.15. The molecule has 0 bridgehead atoms. The van der Waals surface area contributed by atoms with Gasteiger partial charge in [-0.3, -0.25) is 9.18 Å². The highest BCUT2D eigenvalue weighted by molar-refractivity contribution is 5.86. The highest BCUT2D eigenvalue weighted by atomic mass is 19.1. The maximum atomic E-state index is 13.1. The third-order valence-electron chi connectivity index (χ3n) is 3.81. The first-order valence-electron chi connectivity index (χ1n) is 6.09.